The van der Waals surface area contributed by atoms with E-state index < -0.39 is 0 Å². The summed E-state index contributed by atoms with van der Waals surface area (Å²) in [4.78, 5) is 6.02. The number of nitrogens with zero attached hydrogens (tertiary/aromatic N) is 1. The number of thiazole rings is 1. The Bertz CT molecular complexity index is 491. The Hall–Kier alpha value is -0.840. The molecule has 0 aliphatic heterocycles. The van der Waals surface area contributed by atoms with Crippen LogP contribution in [0.25, 0.3) is 11.3 Å². The van der Waals surface area contributed by atoms with Gasteiger partial charge in [-0.05, 0) is 25.4 Å². The van der Waals surface area contributed by atoms with E-state index in [0.717, 1.165) is 12.2 Å². The second-order valence-corrected chi connectivity index (χ2v) is 6.03. The highest BCUT2D eigenvalue weighted by atomic mass is 32.2. The van der Waals surface area contributed by atoms with Crippen LogP contribution in [0.3, 0.4) is 0 Å². The first-order valence-corrected chi connectivity index (χ1v) is 8.09. The van der Waals surface area contributed by atoms with E-state index in [1.807, 2.05) is 7.05 Å². The van der Waals surface area contributed by atoms with Gasteiger partial charge < -0.3 is 5.32 Å². The van der Waals surface area contributed by atoms with Crippen LogP contribution in [-0.4, -0.2) is 24.8 Å². The summed E-state index contributed by atoms with van der Waals surface area (Å²) in [7, 11) is 1.98. The molecule has 1 aromatic carbocycles. The van der Waals surface area contributed by atoms with E-state index >= 15 is 0 Å². The van der Waals surface area contributed by atoms with Gasteiger partial charge in [0.1, 0.15) is 0 Å². The van der Waals surface area contributed by atoms with E-state index in [2.05, 4.69) is 48.1 Å². The standard InChI is InChI=1S/C14H18N2S2/c1-10(8-15-2)14-16-13(9-18-14)11-4-6-12(17-3)7-5-11/h4-7,9-10,15H,8H2,1-3H3. The van der Waals surface area contributed by atoms with Gasteiger partial charge in [-0.3, -0.25) is 0 Å². The zero-order valence-electron chi connectivity index (χ0n) is 10.9. The maximum Gasteiger partial charge on any atom is 0.0973 e. The van der Waals surface area contributed by atoms with E-state index in [-0.39, 0.29) is 0 Å². The average Bonchev–Trinajstić information content (AvgIpc) is 2.89. The largest absolute Gasteiger partial charge is 0.319 e. The van der Waals surface area contributed by atoms with E-state index in [1.54, 1.807) is 23.1 Å². The van der Waals surface area contributed by atoms with E-state index in [9.17, 15) is 0 Å². The quantitative estimate of drug-likeness (QED) is 0.841. The molecule has 1 heterocycles. The van der Waals surface area contributed by atoms with Crippen molar-refractivity contribution in [2.24, 2.45) is 0 Å². The van der Waals surface area contributed by atoms with Crippen LogP contribution in [0.15, 0.2) is 34.5 Å². The van der Waals surface area contributed by atoms with Crippen LogP contribution in [0.2, 0.25) is 0 Å². The third-order valence-corrected chi connectivity index (χ3v) is 4.66. The average molecular weight is 278 g/mol. The van der Waals surface area contributed by atoms with Crippen molar-refractivity contribution < 1.29 is 0 Å². The van der Waals surface area contributed by atoms with Gasteiger partial charge in [0.05, 0.1) is 10.7 Å². The molecule has 2 aromatic rings. The number of hydrogen-bond donors (Lipinski definition) is 1. The molecule has 0 saturated heterocycles. The van der Waals surface area contributed by atoms with Gasteiger partial charge in [0.15, 0.2) is 0 Å². The molecule has 0 amide bonds. The Morgan fingerprint density at radius 2 is 2.06 bits per heavy atom. The predicted molar refractivity (Wildman–Crippen MR) is 81.7 cm³/mol. The lowest BCUT2D eigenvalue weighted by atomic mass is 10.1. The van der Waals surface area contributed by atoms with Gasteiger partial charge in [0.25, 0.3) is 0 Å². The summed E-state index contributed by atoms with van der Waals surface area (Å²) in [5.41, 5.74) is 2.29. The molecule has 0 spiro atoms. The van der Waals surface area contributed by atoms with Crippen molar-refractivity contribution >= 4 is 23.1 Å². The molecule has 0 aliphatic rings. The smallest absolute Gasteiger partial charge is 0.0973 e. The summed E-state index contributed by atoms with van der Waals surface area (Å²) in [5, 5.41) is 6.54. The first kappa shape index (κ1) is 13.6. The molecular formula is C14H18N2S2. The third-order valence-electron chi connectivity index (χ3n) is 2.84. The molecule has 4 heteroatoms. The number of rotatable bonds is 5. The minimum absolute atomic E-state index is 0.472. The highest BCUT2D eigenvalue weighted by molar-refractivity contribution is 7.98. The molecule has 1 N–H and O–H groups in total. The molecule has 0 fully saturated rings. The van der Waals surface area contributed by atoms with Crippen molar-refractivity contribution in [3.8, 4) is 11.3 Å². The van der Waals surface area contributed by atoms with Crippen molar-refractivity contribution in [2.75, 3.05) is 19.8 Å². The van der Waals surface area contributed by atoms with Gasteiger partial charge in [-0.15, -0.1) is 23.1 Å². The van der Waals surface area contributed by atoms with Gasteiger partial charge >= 0.3 is 0 Å². The normalized spacial score (nSPS) is 12.6. The van der Waals surface area contributed by atoms with Crippen molar-refractivity contribution in [2.45, 2.75) is 17.7 Å². The fourth-order valence-corrected chi connectivity index (χ4v) is 3.10. The van der Waals surface area contributed by atoms with Crippen LogP contribution < -0.4 is 5.32 Å². The van der Waals surface area contributed by atoms with Crippen LogP contribution in [0.5, 0.6) is 0 Å². The van der Waals surface area contributed by atoms with Crippen LogP contribution >= 0.6 is 23.1 Å². The second kappa shape index (κ2) is 6.36. The number of thioether (sulfide) groups is 1. The Labute approximate surface area is 117 Å². The second-order valence-electron chi connectivity index (χ2n) is 4.26. The maximum atomic E-state index is 4.73. The molecule has 0 saturated carbocycles. The summed E-state index contributed by atoms with van der Waals surface area (Å²) in [6.45, 7) is 3.17. The minimum Gasteiger partial charge on any atom is -0.319 e. The molecule has 1 atom stereocenters. The maximum absolute atomic E-state index is 4.73. The zero-order chi connectivity index (χ0) is 13.0. The molecule has 0 aliphatic carbocycles. The molecule has 0 bridgehead atoms. The number of hydrogen-bond acceptors (Lipinski definition) is 4. The molecule has 2 rings (SSSR count). The fourth-order valence-electron chi connectivity index (χ4n) is 1.80. The molecule has 18 heavy (non-hydrogen) atoms. The molecular weight excluding hydrogens is 260 g/mol. The fraction of sp³-hybridized carbons (Fsp3) is 0.357. The van der Waals surface area contributed by atoms with E-state index in [4.69, 9.17) is 4.98 Å². The highest BCUT2D eigenvalue weighted by Crippen LogP contribution is 2.27. The summed E-state index contributed by atoms with van der Waals surface area (Å²) in [6.07, 6.45) is 2.09. The monoisotopic (exact) mass is 278 g/mol. The van der Waals surface area contributed by atoms with Crippen molar-refractivity contribution in [1.29, 1.82) is 0 Å². The molecule has 1 aromatic heterocycles. The molecule has 96 valence electrons. The zero-order valence-corrected chi connectivity index (χ0v) is 12.6. The van der Waals surface area contributed by atoms with Crippen LogP contribution in [0.4, 0.5) is 0 Å². The summed E-state index contributed by atoms with van der Waals surface area (Å²) in [6, 6.07) is 8.59. The lowest BCUT2D eigenvalue weighted by Crippen LogP contribution is -2.14. The van der Waals surface area contributed by atoms with E-state index in [1.165, 1.54) is 15.5 Å². The lowest BCUT2D eigenvalue weighted by Gasteiger charge is -2.05. The highest BCUT2D eigenvalue weighted by Gasteiger charge is 2.10. The van der Waals surface area contributed by atoms with E-state index in [0.29, 0.717) is 5.92 Å². The molecule has 2 nitrogen and oxygen atoms in total. The first-order valence-electron chi connectivity index (χ1n) is 5.99. The molecule has 0 radical (unpaired) electrons. The van der Waals surface area contributed by atoms with Gasteiger partial charge in [0.2, 0.25) is 0 Å². The Morgan fingerprint density at radius 1 is 1.33 bits per heavy atom. The number of benzene rings is 1. The summed E-state index contributed by atoms with van der Waals surface area (Å²) in [5.74, 6) is 0.472. The predicted octanol–water partition coefficient (Wildman–Crippen LogP) is 3.85. The van der Waals surface area contributed by atoms with Crippen molar-refractivity contribution in [3.05, 3.63) is 34.7 Å². The van der Waals surface area contributed by atoms with Crippen LogP contribution in [0, 0.1) is 0 Å². The number of nitrogens with one attached hydrogen (secondary N) is 1. The van der Waals surface area contributed by atoms with Crippen LogP contribution in [0.1, 0.15) is 17.8 Å². The van der Waals surface area contributed by atoms with Gasteiger partial charge in [-0.25, -0.2) is 4.98 Å². The topological polar surface area (TPSA) is 24.9 Å². The summed E-state index contributed by atoms with van der Waals surface area (Å²) < 4.78 is 0. The van der Waals surface area contributed by atoms with Crippen molar-refractivity contribution in [1.82, 2.24) is 10.3 Å². The van der Waals surface area contributed by atoms with Crippen LogP contribution in [-0.2, 0) is 0 Å². The number of aromatic nitrogens is 1. The SMILES string of the molecule is CNCC(C)c1nc(-c2ccc(SC)cc2)cs1. The first-order chi connectivity index (χ1) is 8.74. The Balaban J connectivity index is 2.18. The minimum atomic E-state index is 0.472. The Morgan fingerprint density at radius 3 is 2.67 bits per heavy atom. The van der Waals surface area contributed by atoms with Gasteiger partial charge in [0, 0.05) is 28.3 Å². The summed E-state index contributed by atoms with van der Waals surface area (Å²) >= 11 is 3.51. The Kier molecular flexibility index (Phi) is 4.80. The third kappa shape index (κ3) is 3.13. The molecule has 1 unspecified atom stereocenters. The van der Waals surface area contributed by atoms with Gasteiger partial charge in [-0.2, -0.15) is 0 Å². The van der Waals surface area contributed by atoms with Gasteiger partial charge in [-0.1, -0.05) is 19.1 Å². The number of likely N-dealkylation sites (N-methyl/N-ethyl adjacent to an activating group) is 1. The lowest BCUT2D eigenvalue weighted by molar-refractivity contribution is 0.674. The van der Waals surface area contributed by atoms with Crippen molar-refractivity contribution in [3.63, 3.8) is 0 Å².